The fourth-order valence-electron chi connectivity index (χ4n) is 2.06. The van der Waals surface area contributed by atoms with E-state index in [4.69, 9.17) is 0 Å². The molecule has 0 atom stereocenters. The number of hydrogen-bond donors (Lipinski definition) is 1. The van der Waals surface area contributed by atoms with Crippen LogP contribution in [0.3, 0.4) is 0 Å². The summed E-state index contributed by atoms with van der Waals surface area (Å²) >= 11 is 0. The zero-order chi connectivity index (χ0) is 14.6. The summed E-state index contributed by atoms with van der Waals surface area (Å²) in [5, 5.41) is 2.79. The van der Waals surface area contributed by atoms with E-state index in [1.54, 1.807) is 0 Å². The maximum Gasteiger partial charge on any atom is 0.471 e. The molecule has 19 heavy (non-hydrogen) atoms. The van der Waals surface area contributed by atoms with Gasteiger partial charge in [0.2, 0.25) is 5.91 Å². The van der Waals surface area contributed by atoms with Crippen LogP contribution in [-0.2, 0) is 9.59 Å². The van der Waals surface area contributed by atoms with Gasteiger partial charge >= 0.3 is 12.1 Å². The van der Waals surface area contributed by atoms with Crippen LogP contribution >= 0.6 is 0 Å². The number of carbonyl (C=O) groups is 2. The number of amides is 2. The molecule has 0 aliphatic carbocycles. The highest BCUT2D eigenvalue weighted by Gasteiger charge is 2.43. The number of carbonyl (C=O) groups excluding carboxylic acids is 2. The van der Waals surface area contributed by atoms with Gasteiger partial charge in [-0.05, 0) is 18.8 Å². The van der Waals surface area contributed by atoms with Gasteiger partial charge in [0, 0.05) is 25.6 Å². The molecule has 7 heteroatoms. The summed E-state index contributed by atoms with van der Waals surface area (Å²) in [6.45, 7) is 3.91. The van der Waals surface area contributed by atoms with Gasteiger partial charge in [-0.15, -0.1) is 0 Å². The van der Waals surface area contributed by atoms with E-state index in [2.05, 4.69) is 5.32 Å². The minimum Gasteiger partial charge on any atom is -0.353 e. The van der Waals surface area contributed by atoms with Crippen LogP contribution in [0.2, 0.25) is 0 Å². The van der Waals surface area contributed by atoms with Crippen LogP contribution in [0.15, 0.2) is 0 Å². The van der Waals surface area contributed by atoms with Crippen LogP contribution in [0, 0.1) is 5.92 Å². The summed E-state index contributed by atoms with van der Waals surface area (Å²) in [5.41, 5.74) is 0. The molecule has 1 aliphatic heterocycles. The zero-order valence-electron chi connectivity index (χ0n) is 11.1. The highest BCUT2D eigenvalue weighted by atomic mass is 19.4. The molecule has 0 radical (unpaired) electrons. The molecular weight excluding hydrogens is 261 g/mol. The van der Waals surface area contributed by atoms with Crippen LogP contribution in [0.4, 0.5) is 13.2 Å². The second kappa shape index (κ2) is 6.25. The molecule has 1 saturated heterocycles. The van der Waals surface area contributed by atoms with Crippen molar-refractivity contribution >= 4 is 11.8 Å². The number of hydrogen-bond acceptors (Lipinski definition) is 2. The first-order chi connectivity index (χ1) is 8.70. The highest BCUT2D eigenvalue weighted by Crippen LogP contribution is 2.21. The van der Waals surface area contributed by atoms with Crippen molar-refractivity contribution in [3.8, 4) is 0 Å². The van der Waals surface area contributed by atoms with Gasteiger partial charge in [0.15, 0.2) is 0 Å². The van der Waals surface area contributed by atoms with E-state index in [0.717, 1.165) is 4.90 Å². The number of likely N-dealkylation sites (tertiary alicyclic amines) is 1. The van der Waals surface area contributed by atoms with Crippen LogP contribution in [0.25, 0.3) is 0 Å². The van der Waals surface area contributed by atoms with Crippen molar-refractivity contribution in [3.63, 3.8) is 0 Å². The Hall–Kier alpha value is -1.27. The lowest BCUT2D eigenvalue weighted by Crippen LogP contribution is -2.50. The van der Waals surface area contributed by atoms with Gasteiger partial charge in [0.1, 0.15) is 0 Å². The van der Waals surface area contributed by atoms with Gasteiger partial charge in [-0.2, -0.15) is 13.2 Å². The summed E-state index contributed by atoms with van der Waals surface area (Å²) < 4.78 is 36.7. The lowest BCUT2D eigenvalue weighted by Gasteiger charge is -2.32. The van der Waals surface area contributed by atoms with Gasteiger partial charge in [0.25, 0.3) is 0 Å². The van der Waals surface area contributed by atoms with Gasteiger partial charge < -0.3 is 10.2 Å². The summed E-state index contributed by atoms with van der Waals surface area (Å²) in [7, 11) is 0. The van der Waals surface area contributed by atoms with Crippen molar-refractivity contribution in [1.29, 1.82) is 0 Å². The number of nitrogens with one attached hydrogen (secondary N) is 1. The van der Waals surface area contributed by atoms with Crippen molar-refractivity contribution in [2.75, 3.05) is 13.1 Å². The van der Waals surface area contributed by atoms with E-state index >= 15 is 0 Å². The van der Waals surface area contributed by atoms with E-state index in [1.807, 2.05) is 13.8 Å². The van der Waals surface area contributed by atoms with Gasteiger partial charge in [-0.25, -0.2) is 0 Å². The quantitative estimate of drug-likeness (QED) is 0.855. The van der Waals surface area contributed by atoms with Gasteiger partial charge in [-0.1, -0.05) is 13.8 Å². The standard InChI is InChI=1S/C12H19F3N2O2/c1-8(2)7-10(18)16-9-3-5-17(6-4-9)11(19)12(13,14)15/h8-9H,3-7H2,1-2H3,(H,16,18). The fourth-order valence-corrected chi connectivity index (χ4v) is 2.06. The lowest BCUT2D eigenvalue weighted by atomic mass is 10.0. The molecule has 0 saturated carbocycles. The molecule has 4 nitrogen and oxygen atoms in total. The normalized spacial score (nSPS) is 17.7. The minimum atomic E-state index is -4.81. The average molecular weight is 280 g/mol. The minimum absolute atomic E-state index is 0.0327. The first-order valence-electron chi connectivity index (χ1n) is 6.35. The maximum atomic E-state index is 12.2. The molecule has 1 rings (SSSR count). The summed E-state index contributed by atoms with van der Waals surface area (Å²) in [6.07, 6.45) is -3.67. The predicted molar refractivity (Wildman–Crippen MR) is 63.3 cm³/mol. The molecule has 1 heterocycles. The number of piperidine rings is 1. The topological polar surface area (TPSA) is 49.4 Å². The molecule has 0 bridgehead atoms. The second-order valence-corrected chi connectivity index (χ2v) is 5.23. The van der Waals surface area contributed by atoms with E-state index in [-0.39, 0.29) is 31.0 Å². The molecule has 0 spiro atoms. The molecule has 1 fully saturated rings. The third-order valence-corrected chi connectivity index (χ3v) is 2.98. The summed E-state index contributed by atoms with van der Waals surface area (Å²) in [5.74, 6) is -1.64. The third kappa shape index (κ3) is 5.08. The van der Waals surface area contributed by atoms with Crippen molar-refractivity contribution in [2.24, 2.45) is 5.92 Å². The Bertz CT molecular complexity index is 334. The largest absolute Gasteiger partial charge is 0.471 e. The first kappa shape index (κ1) is 15.8. The maximum absolute atomic E-state index is 12.2. The Balaban J connectivity index is 2.37. The van der Waals surface area contributed by atoms with Crippen molar-refractivity contribution in [3.05, 3.63) is 0 Å². The van der Waals surface area contributed by atoms with Crippen molar-refractivity contribution in [1.82, 2.24) is 10.2 Å². The molecule has 0 aromatic carbocycles. The molecule has 1 aliphatic rings. The molecule has 2 amide bonds. The first-order valence-corrected chi connectivity index (χ1v) is 6.35. The van der Waals surface area contributed by atoms with Gasteiger partial charge in [-0.3, -0.25) is 9.59 Å². The third-order valence-electron chi connectivity index (χ3n) is 2.98. The number of rotatable bonds is 3. The average Bonchev–Trinajstić information content (AvgIpc) is 2.26. The molecule has 1 N–H and O–H groups in total. The molecule has 110 valence electrons. The molecule has 0 aromatic rings. The van der Waals surface area contributed by atoms with E-state index in [1.165, 1.54) is 0 Å². The second-order valence-electron chi connectivity index (χ2n) is 5.23. The van der Waals surface area contributed by atoms with Crippen molar-refractivity contribution in [2.45, 2.75) is 45.3 Å². The van der Waals surface area contributed by atoms with Crippen LogP contribution < -0.4 is 5.32 Å². The van der Waals surface area contributed by atoms with Crippen LogP contribution in [-0.4, -0.2) is 42.0 Å². The Labute approximate surface area is 110 Å². The molecule has 0 unspecified atom stereocenters. The monoisotopic (exact) mass is 280 g/mol. The zero-order valence-corrected chi connectivity index (χ0v) is 11.1. The van der Waals surface area contributed by atoms with Gasteiger partial charge in [0.05, 0.1) is 0 Å². The van der Waals surface area contributed by atoms with Crippen molar-refractivity contribution < 1.29 is 22.8 Å². The number of nitrogens with zero attached hydrogens (tertiary/aromatic N) is 1. The van der Waals surface area contributed by atoms with E-state index in [9.17, 15) is 22.8 Å². The smallest absolute Gasteiger partial charge is 0.353 e. The molecule has 0 aromatic heterocycles. The highest BCUT2D eigenvalue weighted by molar-refractivity contribution is 5.82. The Morgan fingerprint density at radius 2 is 1.79 bits per heavy atom. The summed E-state index contributed by atoms with van der Waals surface area (Å²) in [6, 6.07) is -0.136. The van der Waals surface area contributed by atoms with E-state index < -0.39 is 12.1 Å². The summed E-state index contributed by atoms with van der Waals surface area (Å²) in [4.78, 5) is 23.3. The lowest BCUT2D eigenvalue weighted by molar-refractivity contribution is -0.186. The Morgan fingerprint density at radius 1 is 1.26 bits per heavy atom. The van der Waals surface area contributed by atoms with E-state index in [0.29, 0.717) is 19.3 Å². The predicted octanol–water partition coefficient (Wildman–Crippen LogP) is 1.70. The van der Waals surface area contributed by atoms with Crippen LogP contribution in [0.1, 0.15) is 33.1 Å². The number of alkyl halides is 3. The van der Waals surface area contributed by atoms with Crippen LogP contribution in [0.5, 0.6) is 0 Å². The SMILES string of the molecule is CC(C)CC(=O)NC1CCN(C(=O)C(F)(F)F)CC1. The number of halogens is 3. The Kier molecular flexibility index (Phi) is 5.20. The fraction of sp³-hybridized carbons (Fsp3) is 0.833. The molecular formula is C12H19F3N2O2. The Morgan fingerprint density at radius 3 is 2.21 bits per heavy atom.